The molecule has 0 radical (unpaired) electrons. The predicted octanol–water partition coefficient (Wildman–Crippen LogP) is 0.0108. The summed E-state index contributed by atoms with van der Waals surface area (Å²) in [7, 11) is 0. The van der Waals surface area contributed by atoms with Crippen LogP contribution >= 0.6 is 0 Å². The van der Waals surface area contributed by atoms with E-state index in [9.17, 15) is 23.6 Å². The van der Waals surface area contributed by atoms with Gasteiger partial charge in [0.15, 0.2) is 5.78 Å². The summed E-state index contributed by atoms with van der Waals surface area (Å²) in [6.45, 7) is -0.500. The van der Waals surface area contributed by atoms with Gasteiger partial charge in [0.2, 0.25) is 5.91 Å². The van der Waals surface area contributed by atoms with Crippen molar-refractivity contribution < 1.29 is 28.7 Å². The number of carbonyl (C=O) groups excluding carboxylic acids is 3. The van der Waals surface area contributed by atoms with Crippen molar-refractivity contribution in [1.29, 1.82) is 0 Å². The van der Waals surface area contributed by atoms with E-state index in [-0.39, 0.29) is 11.1 Å². The fourth-order valence-corrected chi connectivity index (χ4v) is 2.65. The molecule has 0 fully saturated rings. The van der Waals surface area contributed by atoms with Gasteiger partial charge in [0.05, 0.1) is 13.0 Å². The Kier molecular flexibility index (Phi) is 8.17. The molecule has 10 nitrogen and oxygen atoms in total. The Morgan fingerprint density at radius 2 is 1.68 bits per heavy atom. The van der Waals surface area contributed by atoms with E-state index >= 15 is 0 Å². The van der Waals surface area contributed by atoms with Crippen LogP contribution in [-0.4, -0.2) is 47.5 Å². The second-order valence-corrected chi connectivity index (χ2v) is 6.52. The molecule has 164 valence electrons. The van der Waals surface area contributed by atoms with Crippen LogP contribution in [0.4, 0.5) is 10.1 Å². The minimum Gasteiger partial charge on any atom is -0.481 e. The molecule has 0 spiro atoms. The number of rotatable bonds is 10. The van der Waals surface area contributed by atoms with Gasteiger partial charge in [-0.1, -0.05) is 6.07 Å². The molecule has 1 atom stereocenters. The summed E-state index contributed by atoms with van der Waals surface area (Å²) in [6.07, 6.45) is -1.50. The summed E-state index contributed by atoms with van der Waals surface area (Å²) in [6, 6.07) is 9.31. The Bertz CT molecular complexity index is 965. The van der Waals surface area contributed by atoms with Gasteiger partial charge in [-0.15, -0.1) is 0 Å². The number of nitrogens with one attached hydrogen (secondary N) is 3. The smallest absolute Gasteiger partial charge is 0.305 e. The second-order valence-electron chi connectivity index (χ2n) is 6.52. The Morgan fingerprint density at radius 3 is 2.29 bits per heavy atom. The molecule has 2 aromatic rings. The molecule has 2 amide bonds. The third kappa shape index (κ3) is 7.49. The third-order valence-electron chi connectivity index (χ3n) is 4.03. The van der Waals surface area contributed by atoms with E-state index in [0.717, 1.165) is 12.1 Å². The summed E-state index contributed by atoms with van der Waals surface area (Å²) in [5.74, 6) is -3.92. The van der Waals surface area contributed by atoms with Crippen LogP contribution in [0.25, 0.3) is 0 Å². The molecule has 2 aromatic carbocycles. The zero-order valence-corrected chi connectivity index (χ0v) is 16.3. The number of carboxylic acid groups (broad SMARTS) is 1. The van der Waals surface area contributed by atoms with Crippen molar-refractivity contribution in [3.8, 4) is 0 Å². The molecule has 0 saturated carbocycles. The number of ketones is 1. The Hall–Kier alpha value is -3.83. The Morgan fingerprint density at radius 1 is 1.00 bits per heavy atom. The molecule has 2 rings (SSSR count). The van der Waals surface area contributed by atoms with E-state index in [0.29, 0.717) is 5.69 Å². The molecule has 1 unspecified atom stereocenters. The normalized spacial score (nSPS) is 11.5. The number of aliphatic carboxylic acids is 1. The fraction of sp³-hybridized carbons (Fsp3) is 0.200. The largest absolute Gasteiger partial charge is 0.481 e. The van der Waals surface area contributed by atoms with Gasteiger partial charge in [-0.2, -0.15) is 0 Å². The number of halogens is 1. The Labute approximate surface area is 176 Å². The topological polar surface area (TPSA) is 177 Å². The van der Waals surface area contributed by atoms with E-state index in [2.05, 4.69) is 16.0 Å². The SMILES string of the molecule is NC(N)Nc1cccc(C(=O)NCC(=O)NC(CC(=O)O)C(=O)c2ccc(F)cc2)c1. The molecule has 0 saturated heterocycles. The monoisotopic (exact) mass is 431 g/mol. The molecule has 0 aliphatic rings. The summed E-state index contributed by atoms with van der Waals surface area (Å²) in [5.41, 5.74) is 11.6. The van der Waals surface area contributed by atoms with Crippen LogP contribution in [-0.2, 0) is 9.59 Å². The lowest BCUT2D eigenvalue weighted by Crippen LogP contribution is -2.46. The average molecular weight is 431 g/mol. The minimum atomic E-state index is -1.38. The zero-order chi connectivity index (χ0) is 23.0. The van der Waals surface area contributed by atoms with Gasteiger partial charge in [0, 0.05) is 16.8 Å². The third-order valence-corrected chi connectivity index (χ3v) is 4.03. The van der Waals surface area contributed by atoms with Gasteiger partial charge in [0.25, 0.3) is 5.91 Å². The highest BCUT2D eigenvalue weighted by atomic mass is 19.1. The number of hydrogen-bond acceptors (Lipinski definition) is 7. The maximum absolute atomic E-state index is 13.0. The highest BCUT2D eigenvalue weighted by Gasteiger charge is 2.25. The second kappa shape index (κ2) is 10.8. The van der Waals surface area contributed by atoms with Crippen LogP contribution < -0.4 is 27.4 Å². The van der Waals surface area contributed by atoms with Crippen molar-refractivity contribution >= 4 is 29.3 Å². The first kappa shape index (κ1) is 23.4. The molecule has 0 aliphatic carbocycles. The predicted molar refractivity (Wildman–Crippen MR) is 109 cm³/mol. The van der Waals surface area contributed by atoms with E-state index in [1.54, 1.807) is 12.1 Å². The quantitative estimate of drug-likeness (QED) is 0.225. The lowest BCUT2D eigenvalue weighted by atomic mass is 10.0. The van der Waals surface area contributed by atoms with Crippen molar-refractivity contribution in [2.24, 2.45) is 11.5 Å². The first-order valence-electron chi connectivity index (χ1n) is 9.12. The molecule has 0 heterocycles. The molecular weight excluding hydrogens is 409 g/mol. The van der Waals surface area contributed by atoms with E-state index < -0.39 is 54.7 Å². The number of amides is 2. The van der Waals surface area contributed by atoms with Crippen molar-refractivity contribution in [3.05, 3.63) is 65.5 Å². The maximum Gasteiger partial charge on any atom is 0.305 e. The van der Waals surface area contributed by atoms with Crippen LogP contribution in [0, 0.1) is 5.82 Å². The molecule has 0 bridgehead atoms. The van der Waals surface area contributed by atoms with Crippen LogP contribution in [0.3, 0.4) is 0 Å². The average Bonchev–Trinajstić information content (AvgIpc) is 2.71. The number of nitrogens with two attached hydrogens (primary N) is 2. The number of hydrogen-bond donors (Lipinski definition) is 6. The van der Waals surface area contributed by atoms with Crippen LogP contribution in [0.2, 0.25) is 0 Å². The molecule has 0 aliphatic heterocycles. The Balaban J connectivity index is 1.99. The zero-order valence-electron chi connectivity index (χ0n) is 16.3. The highest BCUT2D eigenvalue weighted by molar-refractivity contribution is 6.04. The van der Waals surface area contributed by atoms with E-state index in [1.165, 1.54) is 24.3 Å². The highest BCUT2D eigenvalue weighted by Crippen LogP contribution is 2.11. The first-order valence-corrected chi connectivity index (χ1v) is 9.12. The molecule has 0 aromatic heterocycles. The van der Waals surface area contributed by atoms with E-state index in [1.807, 2.05) is 0 Å². The minimum absolute atomic E-state index is 0.0411. The maximum atomic E-state index is 13.0. The summed E-state index contributed by atoms with van der Waals surface area (Å²) in [5, 5.41) is 16.4. The van der Waals surface area contributed by atoms with Gasteiger partial charge in [0.1, 0.15) is 18.1 Å². The van der Waals surface area contributed by atoms with Gasteiger partial charge < -0.3 is 21.1 Å². The summed E-state index contributed by atoms with van der Waals surface area (Å²) < 4.78 is 13.0. The van der Waals surface area contributed by atoms with Gasteiger partial charge in [-0.05, 0) is 42.5 Å². The fourth-order valence-electron chi connectivity index (χ4n) is 2.65. The molecule has 31 heavy (non-hydrogen) atoms. The number of benzene rings is 2. The number of Topliss-reactive ketones (excluding diaryl/α,β-unsaturated/α-hetero) is 1. The van der Waals surface area contributed by atoms with Crippen LogP contribution in [0.1, 0.15) is 27.1 Å². The summed E-state index contributed by atoms with van der Waals surface area (Å²) >= 11 is 0. The molecular formula is C20H22FN5O5. The van der Waals surface area contributed by atoms with Crippen molar-refractivity contribution in [3.63, 3.8) is 0 Å². The van der Waals surface area contributed by atoms with Gasteiger partial charge >= 0.3 is 5.97 Å². The lowest BCUT2D eigenvalue weighted by molar-refractivity contribution is -0.137. The van der Waals surface area contributed by atoms with Gasteiger partial charge in [-0.25, -0.2) is 4.39 Å². The molecule has 11 heteroatoms. The standard InChI is InChI=1S/C20H22FN5O5/c21-13-6-4-11(5-7-13)18(30)15(9-17(28)29)26-16(27)10-24-19(31)12-2-1-3-14(8-12)25-20(22)23/h1-8,15,20,25H,9-10,22-23H2,(H,24,31)(H,26,27)(H,28,29). The van der Waals surface area contributed by atoms with Crippen LogP contribution in [0.5, 0.6) is 0 Å². The van der Waals surface area contributed by atoms with E-state index in [4.69, 9.17) is 16.6 Å². The first-order chi connectivity index (χ1) is 14.7. The van der Waals surface area contributed by atoms with Crippen molar-refractivity contribution in [1.82, 2.24) is 10.6 Å². The number of carbonyl (C=O) groups is 4. The van der Waals surface area contributed by atoms with Crippen molar-refractivity contribution in [2.45, 2.75) is 18.8 Å². The number of carboxylic acids is 1. The lowest BCUT2D eigenvalue weighted by Gasteiger charge is -2.16. The van der Waals surface area contributed by atoms with Crippen molar-refractivity contribution in [2.75, 3.05) is 11.9 Å². The van der Waals surface area contributed by atoms with Crippen LogP contribution in [0.15, 0.2) is 48.5 Å². The summed E-state index contributed by atoms with van der Waals surface area (Å²) in [4.78, 5) is 48.0. The van der Waals surface area contributed by atoms with Gasteiger partial charge in [-0.3, -0.25) is 30.6 Å². The molecule has 8 N–H and O–H groups in total. The number of anilines is 1.